The predicted octanol–water partition coefficient (Wildman–Crippen LogP) is 1.50. The van der Waals surface area contributed by atoms with Gasteiger partial charge < -0.3 is 29.4 Å². The van der Waals surface area contributed by atoms with E-state index < -0.39 is 0 Å². The average Bonchev–Trinajstić information content (AvgIpc) is 3.54. The van der Waals surface area contributed by atoms with Crippen molar-refractivity contribution in [3.63, 3.8) is 0 Å². The molecule has 5 aromatic carbocycles. The van der Waals surface area contributed by atoms with Gasteiger partial charge in [0.15, 0.2) is 0 Å². The summed E-state index contributed by atoms with van der Waals surface area (Å²) in [4.78, 5) is 0. The Morgan fingerprint density at radius 2 is 1.30 bits per heavy atom. The molecule has 33 heavy (non-hydrogen) atoms. The number of hydrogen-bond donors (Lipinski definition) is 0. The first-order valence-electron chi connectivity index (χ1n) is 10.3. The molecule has 0 fully saturated rings. The van der Waals surface area contributed by atoms with Gasteiger partial charge in [-0.1, -0.05) is 60.2 Å². The van der Waals surface area contributed by atoms with Gasteiger partial charge in [-0.2, -0.15) is 17.7 Å². The molecule has 1 aromatic heterocycles. The molecule has 0 amide bonds. The second-order valence-electron chi connectivity index (χ2n) is 7.54. The molecule has 0 aliphatic carbocycles. The van der Waals surface area contributed by atoms with E-state index in [-0.39, 0.29) is 46.5 Å². The molecule has 1 heterocycles. The third-order valence-electron chi connectivity index (χ3n) is 5.46. The quantitative estimate of drug-likeness (QED) is 0.255. The fraction of sp³-hybridized carbons (Fsp3) is 0.0345. The Labute approximate surface area is 222 Å². The molecule has 0 N–H and O–H groups in total. The van der Waals surface area contributed by atoms with E-state index in [1.54, 1.807) is 0 Å². The number of rotatable bonds is 3. The van der Waals surface area contributed by atoms with E-state index in [0.717, 1.165) is 6.42 Å². The van der Waals surface area contributed by atoms with Crippen LogP contribution in [0.1, 0.15) is 11.1 Å². The maximum absolute atomic E-state index is 2.25. The molecule has 0 bridgehead atoms. The Kier molecular flexibility index (Phi) is 10.2. The molecule has 0 aliphatic rings. The number of nitrogens with zero attached hydrogens (tertiary/aromatic N) is 1. The molecule has 0 spiro atoms. The van der Waals surface area contributed by atoms with Crippen LogP contribution in [-0.2, 0) is 28.1 Å². The summed E-state index contributed by atoms with van der Waals surface area (Å²) < 4.78 is 2.25. The van der Waals surface area contributed by atoms with Crippen molar-refractivity contribution in [2.24, 2.45) is 0 Å². The summed E-state index contributed by atoms with van der Waals surface area (Å²) in [5.41, 5.74) is 5.26. The fourth-order valence-electron chi connectivity index (χ4n) is 3.94. The summed E-state index contributed by atoms with van der Waals surface area (Å²) in [5.74, 6) is 0. The second-order valence-corrected chi connectivity index (χ2v) is 7.54. The van der Waals surface area contributed by atoms with Gasteiger partial charge in [0.1, 0.15) is 0 Å². The smallest absolute Gasteiger partial charge is 1.00 e. The zero-order chi connectivity index (χ0) is 20.2. The van der Waals surface area contributed by atoms with E-state index >= 15 is 0 Å². The molecule has 0 radical (unpaired) electrons. The topological polar surface area (TPSA) is 4.93 Å². The molecule has 0 saturated carbocycles. The summed E-state index contributed by atoms with van der Waals surface area (Å²) in [5, 5.41) is 3.87. The van der Waals surface area contributed by atoms with Crippen molar-refractivity contribution in [1.29, 1.82) is 0 Å². The minimum atomic E-state index is 0. The molecule has 6 aromatic rings. The molecule has 0 unspecified atom stereocenters. The maximum Gasteiger partial charge on any atom is 4.00 e. The van der Waals surface area contributed by atoms with Crippen LogP contribution in [0.3, 0.4) is 0 Å². The van der Waals surface area contributed by atoms with Crippen LogP contribution in [0.25, 0.3) is 27.4 Å². The van der Waals surface area contributed by atoms with Gasteiger partial charge in [-0.15, -0.1) is 41.1 Å². The molecular formula is C29H23Cl2NTi. The summed E-state index contributed by atoms with van der Waals surface area (Å²) in [6.07, 6.45) is 3.19. The van der Waals surface area contributed by atoms with Crippen molar-refractivity contribution in [3.8, 4) is 5.69 Å². The predicted molar refractivity (Wildman–Crippen MR) is 128 cm³/mol. The van der Waals surface area contributed by atoms with Gasteiger partial charge in [0.2, 0.25) is 0 Å². The van der Waals surface area contributed by atoms with Crippen molar-refractivity contribution in [2.45, 2.75) is 6.42 Å². The van der Waals surface area contributed by atoms with Crippen LogP contribution in [0.4, 0.5) is 0 Å². The fourth-order valence-corrected chi connectivity index (χ4v) is 3.94. The molecule has 0 aliphatic heterocycles. The first-order chi connectivity index (χ1) is 14.9. The third-order valence-corrected chi connectivity index (χ3v) is 5.46. The second kappa shape index (κ2) is 12.6. The largest absolute Gasteiger partial charge is 4.00 e. The van der Waals surface area contributed by atoms with Crippen molar-refractivity contribution in [3.05, 3.63) is 139 Å². The van der Waals surface area contributed by atoms with Gasteiger partial charge >= 0.3 is 21.7 Å². The Hall–Kier alpha value is -2.55. The zero-order valence-electron chi connectivity index (χ0n) is 18.0. The molecule has 4 heteroatoms. The van der Waals surface area contributed by atoms with E-state index in [2.05, 4.69) is 132 Å². The van der Waals surface area contributed by atoms with Gasteiger partial charge in [-0.25, -0.2) is 12.1 Å². The molecular weight excluding hydrogens is 481 g/mol. The van der Waals surface area contributed by atoms with Crippen LogP contribution in [-0.4, -0.2) is 4.57 Å². The number of para-hydroxylation sites is 1. The van der Waals surface area contributed by atoms with E-state index in [4.69, 9.17) is 0 Å². The standard InChI is InChI=1S/C17H12N.C12H11.2ClH.Ti/c1-2-7-15-12-16(11-14(15)6-1)18-10-9-13-5-3-4-8-17(13)18;1-2-6-11(7-3-1)10-12-8-4-5-9-12;;;/h1-12H;1-9H,10H2;2*1H;/q2*-1;;;+4/p-2. The monoisotopic (exact) mass is 503 g/mol. The maximum atomic E-state index is 2.25. The third kappa shape index (κ3) is 6.28. The minimum absolute atomic E-state index is 0. The van der Waals surface area contributed by atoms with Crippen LogP contribution in [0.5, 0.6) is 0 Å². The van der Waals surface area contributed by atoms with Crippen LogP contribution >= 0.6 is 0 Å². The average molecular weight is 504 g/mol. The normalized spacial score (nSPS) is 9.82. The SMILES string of the molecule is [Cl-].[Cl-].[Ti+4].c1ccc(C[c-]2cccc2)cc1.c1ccc2[cH-]c(-n3ccc4ccccc43)cc2c1. The Morgan fingerprint density at radius 3 is 2.03 bits per heavy atom. The molecule has 0 saturated heterocycles. The molecule has 6 rings (SSSR count). The number of hydrogen-bond acceptors (Lipinski definition) is 0. The van der Waals surface area contributed by atoms with E-state index in [1.807, 2.05) is 0 Å². The van der Waals surface area contributed by atoms with E-state index in [0.29, 0.717) is 0 Å². The van der Waals surface area contributed by atoms with E-state index in [1.165, 1.54) is 38.5 Å². The van der Waals surface area contributed by atoms with E-state index in [9.17, 15) is 0 Å². The van der Waals surface area contributed by atoms with Gasteiger partial charge in [-0.05, 0) is 29.6 Å². The van der Waals surface area contributed by atoms with Crippen molar-refractivity contribution in [2.75, 3.05) is 0 Å². The van der Waals surface area contributed by atoms with Crippen molar-refractivity contribution < 1.29 is 46.5 Å². The number of fused-ring (bicyclic) bond motifs is 2. The Balaban J connectivity index is 0.000000229. The van der Waals surface area contributed by atoms with Crippen LogP contribution in [0.15, 0.2) is 128 Å². The van der Waals surface area contributed by atoms with Gasteiger partial charge in [0.05, 0.1) is 5.52 Å². The molecule has 162 valence electrons. The zero-order valence-corrected chi connectivity index (χ0v) is 21.1. The van der Waals surface area contributed by atoms with Crippen LogP contribution in [0, 0.1) is 0 Å². The number of aromatic nitrogens is 1. The Bertz CT molecular complexity index is 1330. The van der Waals surface area contributed by atoms with Crippen molar-refractivity contribution >= 4 is 21.7 Å². The van der Waals surface area contributed by atoms with Gasteiger partial charge in [0, 0.05) is 6.20 Å². The Morgan fingerprint density at radius 1 is 0.667 bits per heavy atom. The first-order valence-corrected chi connectivity index (χ1v) is 10.3. The number of halogens is 2. The van der Waals surface area contributed by atoms with Gasteiger partial charge in [-0.3, -0.25) is 0 Å². The van der Waals surface area contributed by atoms with Gasteiger partial charge in [0.25, 0.3) is 0 Å². The summed E-state index contributed by atoms with van der Waals surface area (Å²) >= 11 is 0. The number of benzene rings is 3. The van der Waals surface area contributed by atoms with Crippen LogP contribution < -0.4 is 24.8 Å². The first kappa shape index (κ1) is 26.7. The summed E-state index contributed by atoms with van der Waals surface area (Å²) in [6.45, 7) is 0. The van der Waals surface area contributed by atoms with Crippen LogP contribution in [0.2, 0.25) is 0 Å². The minimum Gasteiger partial charge on any atom is -1.00 e. The molecule has 1 nitrogen and oxygen atoms in total. The summed E-state index contributed by atoms with van der Waals surface area (Å²) in [7, 11) is 0. The molecule has 0 atom stereocenters. The van der Waals surface area contributed by atoms with Crippen molar-refractivity contribution in [1.82, 2.24) is 4.57 Å². The summed E-state index contributed by atoms with van der Waals surface area (Å²) in [6, 6.07) is 42.6.